The topological polar surface area (TPSA) is 57.6 Å². The zero-order valence-electron chi connectivity index (χ0n) is 20.4. The molecule has 0 aromatic heterocycles. The average molecular weight is 462 g/mol. The molecule has 182 valence electrons. The number of hydrogen-bond donors (Lipinski definition) is 1. The second-order valence-electron chi connectivity index (χ2n) is 11.3. The fourth-order valence-corrected chi connectivity index (χ4v) is 7.59. The van der Waals surface area contributed by atoms with Crippen LogP contribution in [0.15, 0.2) is 18.2 Å². The monoisotopic (exact) mass is 461 g/mol. The number of benzene rings is 1. The van der Waals surface area contributed by atoms with Gasteiger partial charge in [-0.1, -0.05) is 19.1 Å². The van der Waals surface area contributed by atoms with Crippen molar-refractivity contribution < 1.29 is 23.5 Å². The zero-order chi connectivity index (χ0) is 24.3. The van der Waals surface area contributed by atoms with E-state index in [2.05, 4.69) is 34.6 Å². The lowest BCUT2D eigenvalue weighted by Gasteiger charge is -2.51. The molecule has 1 aromatic carbocycles. The first-order chi connectivity index (χ1) is 15.4. The quantitative estimate of drug-likeness (QED) is 0.587. The number of carboxylic acid groups (broad SMARTS) is 1. The number of amides is 1. The van der Waals surface area contributed by atoms with Gasteiger partial charge in [-0.3, -0.25) is 4.79 Å². The highest BCUT2D eigenvalue weighted by Crippen LogP contribution is 2.63. The SMILES string of the molecule is CC(C)N(C(=O)[C@H]1CC[C@H]2[C@@H]3CCc4cc(C(F)(F)C(=O)O)ccc4[C@H]3CC[C@]12C)C(C)C. The molecule has 0 saturated heterocycles. The van der Waals surface area contributed by atoms with Gasteiger partial charge in [-0.25, -0.2) is 4.79 Å². The molecule has 5 atom stereocenters. The van der Waals surface area contributed by atoms with E-state index in [1.807, 2.05) is 4.90 Å². The maximum absolute atomic E-state index is 14.1. The first-order valence-electron chi connectivity index (χ1n) is 12.5. The van der Waals surface area contributed by atoms with Crippen LogP contribution < -0.4 is 0 Å². The van der Waals surface area contributed by atoms with Crippen LogP contribution >= 0.6 is 0 Å². The van der Waals surface area contributed by atoms with Crippen LogP contribution in [0.25, 0.3) is 0 Å². The van der Waals surface area contributed by atoms with E-state index in [4.69, 9.17) is 5.11 Å². The number of nitrogens with zero attached hydrogens (tertiary/aromatic N) is 1. The van der Waals surface area contributed by atoms with E-state index in [0.717, 1.165) is 43.2 Å². The van der Waals surface area contributed by atoms with Gasteiger partial charge >= 0.3 is 11.9 Å². The van der Waals surface area contributed by atoms with Crippen molar-refractivity contribution in [1.29, 1.82) is 0 Å². The number of halogens is 2. The van der Waals surface area contributed by atoms with E-state index in [-0.39, 0.29) is 23.4 Å². The molecule has 2 saturated carbocycles. The van der Waals surface area contributed by atoms with Crippen molar-refractivity contribution >= 4 is 11.9 Å². The molecule has 2 fully saturated rings. The summed E-state index contributed by atoms with van der Waals surface area (Å²) in [6, 6.07) is 4.82. The van der Waals surface area contributed by atoms with Crippen LogP contribution in [0.3, 0.4) is 0 Å². The van der Waals surface area contributed by atoms with E-state index in [0.29, 0.717) is 30.1 Å². The standard InChI is InChI=1S/C27H37F2NO3/c1-15(2)30(16(3)4)24(31)23-11-10-22-21-8-6-17-14-18(27(28,29)25(32)33)7-9-19(17)20(21)12-13-26(22,23)5/h7,9,14-16,20-23H,6,8,10-13H2,1-5H3,(H,32,33)/t20-,21-,22+,23-,26+/m1/s1. The molecule has 0 aliphatic heterocycles. The number of hydrogen-bond acceptors (Lipinski definition) is 2. The first kappa shape index (κ1) is 24.2. The first-order valence-corrected chi connectivity index (χ1v) is 12.5. The van der Waals surface area contributed by atoms with Crippen molar-refractivity contribution in [2.24, 2.45) is 23.2 Å². The number of carbonyl (C=O) groups excluding carboxylic acids is 1. The molecule has 4 nitrogen and oxygen atoms in total. The highest BCUT2D eigenvalue weighted by molar-refractivity contribution is 5.81. The van der Waals surface area contributed by atoms with Crippen LogP contribution in [-0.2, 0) is 21.9 Å². The van der Waals surface area contributed by atoms with Gasteiger partial charge in [0.15, 0.2) is 0 Å². The normalized spacial score (nSPS) is 31.2. The van der Waals surface area contributed by atoms with E-state index < -0.39 is 17.5 Å². The lowest BCUT2D eigenvalue weighted by Crippen LogP contribution is -2.50. The summed E-state index contributed by atoms with van der Waals surface area (Å²) in [7, 11) is 0. The van der Waals surface area contributed by atoms with Crippen molar-refractivity contribution in [2.45, 2.75) is 97.1 Å². The Labute approximate surface area is 195 Å². The average Bonchev–Trinajstić information content (AvgIpc) is 3.09. The largest absolute Gasteiger partial charge is 0.477 e. The van der Waals surface area contributed by atoms with Crippen LogP contribution in [-0.4, -0.2) is 34.0 Å². The summed E-state index contributed by atoms with van der Waals surface area (Å²) in [5, 5.41) is 8.91. The molecule has 33 heavy (non-hydrogen) atoms. The Morgan fingerprint density at radius 1 is 1.09 bits per heavy atom. The van der Waals surface area contributed by atoms with Crippen LogP contribution in [0.5, 0.6) is 0 Å². The number of alkyl halides is 2. The third-order valence-corrected chi connectivity index (χ3v) is 9.02. The summed E-state index contributed by atoms with van der Waals surface area (Å²) >= 11 is 0. The van der Waals surface area contributed by atoms with Gasteiger partial charge < -0.3 is 10.0 Å². The smallest absolute Gasteiger partial charge is 0.379 e. The van der Waals surface area contributed by atoms with Gasteiger partial charge in [0, 0.05) is 23.6 Å². The third-order valence-electron chi connectivity index (χ3n) is 9.02. The van der Waals surface area contributed by atoms with Crippen LogP contribution in [0, 0.1) is 23.2 Å². The summed E-state index contributed by atoms with van der Waals surface area (Å²) in [6.45, 7) is 10.7. The number of aliphatic carboxylic acids is 1. The molecular weight excluding hydrogens is 424 g/mol. The van der Waals surface area contributed by atoms with Gasteiger partial charge in [0.05, 0.1) is 0 Å². The van der Waals surface area contributed by atoms with E-state index in [1.54, 1.807) is 6.07 Å². The number of carbonyl (C=O) groups is 2. The molecule has 0 unspecified atom stereocenters. The highest BCUT2D eigenvalue weighted by atomic mass is 19.3. The summed E-state index contributed by atoms with van der Waals surface area (Å²) < 4.78 is 28.1. The van der Waals surface area contributed by atoms with Crippen LogP contribution in [0.1, 0.15) is 89.3 Å². The predicted molar refractivity (Wildman–Crippen MR) is 123 cm³/mol. The van der Waals surface area contributed by atoms with Crippen molar-refractivity contribution in [3.05, 3.63) is 34.9 Å². The molecule has 3 aliphatic rings. The van der Waals surface area contributed by atoms with Crippen molar-refractivity contribution in [3.8, 4) is 0 Å². The van der Waals surface area contributed by atoms with Crippen LogP contribution in [0.4, 0.5) is 8.78 Å². The van der Waals surface area contributed by atoms with Gasteiger partial charge in [-0.15, -0.1) is 0 Å². The molecule has 0 bridgehead atoms. The minimum Gasteiger partial charge on any atom is -0.477 e. The molecule has 1 N–H and O–H groups in total. The van der Waals surface area contributed by atoms with Gasteiger partial charge in [-0.2, -0.15) is 8.78 Å². The van der Waals surface area contributed by atoms with Crippen LogP contribution in [0.2, 0.25) is 0 Å². The number of aryl methyl sites for hydroxylation is 1. The Hall–Kier alpha value is -1.98. The molecule has 0 heterocycles. The van der Waals surface area contributed by atoms with Crippen molar-refractivity contribution in [3.63, 3.8) is 0 Å². The van der Waals surface area contributed by atoms with Crippen molar-refractivity contribution in [1.82, 2.24) is 4.90 Å². The molecule has 6 heteroatoms. The summed E-state index contributed by atoms with van der Waals surface area (Å²) in [4.78, 5) is 26.7. The Balaban J connectivity index is 1.59. The molecule has 0 spiro atoms. The number of fused-ring (bicyclic) bond motifs is 5. The fourth-order valence-electron chi connectivity index (χ4n) is 7.59. The Morgan fingerprint density at radius 2 is 1.76 bits per heavy atom. The number of carboxylic acids is 1. The minimum absolute atomic E-state index is 0.0198. The molecule has 1 aromatic rings. The van der Waals surface area contributed by atoms with E-state index >= 15 is 0 Å². The summed E-state index contributed by atoms with van der Waals surface area (Å²) in [6.07, 6.45) is 5.49. The Bertz CT molecular complexity index is 935. The number of rotatable bonds is 5. The minimum atomic E-state index is -3.87. The second kappa shape index (κ2) is 8.35. The van der Waals surface area contributed by atoms with Gasteiger partial charge in [-0.05, 0) is 107 Å². The maximum atomic E-state index is 14.1. The fraction of sp³-hybridized carbons (Fsp3) is 0.704. The maximum Gasteiger partial charge on any atom is 0.379 e. The predicted octanol–water partition coefficient (Wildman–Crippen LogP) is 5.98. The highest BCUT2D eigenvalue weighted by Gasteiger charge is 2.57. The lowest BCUT2D eigenvalue weighted by atomic mass is 9.54. The molecule has 4 rings (SSSR count). The van der Waals surface area contributed by atoms with Gasteiger partial charge in [0.25, 0.3) is 0 Å². The molecule has 3 aliphatic carbocycles. The molecule has 0 radical (unpaired) electrons. The van der Waals surface area contributed by atoms with Gasteiger partial charge in [0.2, 0.25) is 5.91 Å². The van der Waals surface area contributed by atoms with E-state index in [1.165, 1.54) is 12.1 Å². The van der Waals surface area contributed by atoms with Crippen molar-refractivity contribution in [2.75, 3.05) is 0 Å². The second-order valence-corrected chi connectivity index (χ2v) is 11.3. The zero-order valence-corrected chi connectivity index (χ0v) is 20.4. The summed E-state index contributed by atoms with van der Waals surface area (Å²) in [5.74, 6) is -4.42. The lowest BCUT2D eigenvalue weighted by molar-refractivity contribution is -0.166. The molecule has 1 amide bonds. The Kier molecular flexibility index (Phi) is 6.11. The molecular formula is C27H37F2NO3. The Morgan fingerprint density at radius 3 is 2.36 bits per heavy atom. The van der Waals surface area contributed by atoms with E-state index in [9.17, 15) is 18.4 Å². The van der Waals surface area contributed by atoms with Gasteiger partial charge in [0.1, 0.15) is 0 Å². The third kappa shape index (κ3) is 3.77. The summed E-state index contributed by atoms with van der Waals surface area (Å²) in [5.41, 5.74) is 1.53.